The lowest BCUT2D eigenvalue weighted by Gasteiger charge is -2.30. The Labute approximate surface area is 176 Å². The lowest BCUT2D eigenvalue weighted by molar-refractivity contribution is 0.102. The predicted molar refractivity (Wildman–Crippen MR) is 114 cm³/mol. The zero-order valence-electron chi connectivity index (χ0n) is 16.3. The van der Waals surface area contributed by atoms with Crippen molar-refractivity contribution >= 4 is 38.9 Å². The topological polar surface area (TPSA) is 87.7 Å². The van der Waals surface area contributed by atoms with E-state index >= 15 is 0 Å². The number of nitrogens with zero attached hydrogens (tertiary/aromatic N) is 1. The summed E-state index contributed by atoms with van der Waals surface area (Å²) in [5.41, 5.74) is 1.65. The third-order valence-corrected chi connectivity index (χ3v) is 6.25. The normalized spacial score (nSPS) is 14.8. The van der Waals surface area contributed by atoms with Crippen LogP contribution in [0.4, 0.5) is 11.4 Å². The smallest absolute Gasteiger partial charge is 0.255 e. The van der Waals surface area contributed by atoms with Crippen molar-refractivity contribution in [2.45, 2.75) is 24.8 Å². The maximum Gasteiger partial charge on any atom is 0.255 e. The number of benzene rings is 2. The third kappa shape index (κ3) is 5.48. The van der Waals surface area contributed by atoms with Crippen LogP contribution in [0.1, 0.15) is 24.2 Å². The fourth-order valence-corrected chi connectivity index (χ4v) is 4.53. The van der Waals surface area contributed by atoms with E-state index in [9.17, 15) is 13.2 Å². The van der Waals surface area contributed by atoms with Gasteiger partial charge in [0, 0.05) is 29.7 Å². The fourth-order valence-electron chi connectivity index (χ4n) is 3.07. The number of carbonyl (C=O) groups is 1. The molecule has 7 nitrogen and oxygen atoms in total. The van der Waals surface area contributed by atoms with Gasteiger partial charge in [-0.1, -0.05) is 17.7 Å². The van der Waals surface area contributed by atoms with Gasteiger partial charge in [-0.25, -0.2) is 13.1 Å². The lowest BCUT2D eigenvalue weighted by atomic mass is 10.2. The second-order valence-electron chi connectivity index (χ2n) is 7.02. The van der Waals surface area contributed by atoms with E-state index in [0.29, 0.717) is 37.0 Å². The minimum absolute atomic E-state index is 0.0401. The summed E-state index contributed by atoms with van der Waals surface area (Å²) in [6.45, 7) is 6.11. The van der Waals surface area contributed by atoms with Gasteiger partial charge in [0.15, 0.2) is 0 Å². The molecule has 1 heterocycles. The van der Waals surface area contributed by atoms with Crippen molar-refractivity contribution in [3.63, 3.8) is 0 Å². The van der Waals surface area contributed by atoms with Crippen LogP contribution in [0.25, 0.3) is 0 Å². The summed E-state index contributed by atoms with van der Waals surface area (Å²) in [6.07, 6.45) is 0. The molecular weight excluding hydrogens is 414 g/mol. The summed E-state index contributed by atoms with van der Waals surface area (Å²) in [4.78, 5) is 15.0. The number of amides is 1. The Bertz CT molecular complexity index is 989. The molecule has 29 heavy (non-hydrogen) atoms. The summed E-state index contributed by atoms with van der Waals surface area (Å²) < 4.78 is 32.7. The van der Waals surface area contributed by atoms with Crippen LogP contribution in [0.3, 0.4) is 0 Å². The molecule has 0 unspecified atom stereocenters. The molecule has 2 aromatic carbocycles. The maximum absolute atomic E-state index is 12.8. The number of hydrogen-bond donors (Lipinski definition) is 2. The molecule has 9 heteroatoms. The summed E-state index contributed by atoms with van der Waals surface area (Å²) in [6, 6.07) is 11.0. The van der Waals surface area contributed by atoms with Crippen LogP contribution in [0.5, 0.6) is 0 Å². The van der Waals surface area contributed by atoms with E-state index in [2.05, 4.69) is 14.9 Å². The molecule has 156 valence electrons. The Morgan fingerprint density at radius 3 is 2.55 bits per heavy atom. The first-order valence-corrected chi connectivity index (χ1v) is 11.2. The molecule has 0 aliphatic carbocycles. The first kappa shape index (κ1) is 21.6. The number of hydrogen-bond acceptors (Lipinski definition) is 5. The highest BCUT2D eigenvalue weighted by Gasteiger charge is 2.20. The van der Waals surface area contributed by atoms with Crippen LogP contribution in [0.2, 0.25) is 5.02 Å². The Morgan fingerprint density at radius 2 is 1.86 bits per heavy atom. The van der Waals surface area contributed by atoms with Crippen molar-refractivity contribution in [1.29, 1.82) is 0 Å². The van der Waals surface area contributed by atoms with Crippen LogP contribution in [0, 0.1) is 0 Å². The van der Waals surface area contributed by atoms with Gasteiger partial charge in [0.2, 0.25) is 10.0 Å². The van der Waals surface area contributed by atoms with Crippen molar-refractivity contribution in [3.05, 3.63) is 53.1 Å². The van der Waals surface area contributed by atoms with Gasteiger partial charge in [0.05, 0.1) is 29.5 Å². The highest BCUT2D eigenvalue weighted by Crippen LogP contribution is 2.30. The Hall–Kier alpha value is -2.13. The zero-order valence-corrected chi connectivity index (χ0v) is 17.9. The van der Waals surface area contributed by atoms with Gasteiger partial charge in [-0.2, -0.15) is 0 Å². The summed E-state index contributed by atoms with van der Waals surface area (Å²) >= 11 is 6.14. The van der Waals surface area contributed by atoms with Gasteiger partial charge in [-0.15, -0.1) is 0 Å². The van der Waals surface area contributed by atoms with E-state index in [1.165, 1.54) is 12.1 Å². The molecule has 2 N–H and O–H groups in total. The van der Waals surface area contributed by atoms with E-state index in [-0.39, 0.29) is 16.5 Å². The monoisotopic (exact) mass is 437 g/mol. The predicted octanol–water partition coefficient (Wildman–Crippen LogP) is 3.12. The first-order chi connectivity index (χ1) is 13.8. The van der Waals surface area contributed by atoms with Gasteiger partial charge in [-0.3, -0.25) is 4.79 Å². The Kier molecular flexibility index (Phi) is 6.79. The number of ether oxygens (including phenoxy) is 1. The van der Waals surface area contributed by atoms with Crippen LogP contribution in [0.15, 0.2) is 47.4 Å². The molecule has 0 saturated carbocycles. The van der Waals surface area contributed by atoms with Crippen LogP contribution in [-0.2, 0) is 14.8 Å². The number of anilines is 2. The minimum atomic E-state index is -3.69. The number of rotatable bonds is 6. The molecule has 1 fully saturated rings. The molecule has 1 aliphatic heterocycles. The SMILES string of the molecule is CC(C)NS(=O)(=O)c1cccc(C(=O)Nc2cc(Cl)ccc2N2CCOCC2)c1. The quantitative estimate of drug-likeness (QED) is 0.725. The first-order valence-electron chi connectivity index (χ1n) is 9.32. The van der Waals surface area contributed by atoms with Crippen molar-refractivity contribution in [2.24, 2.45) is 0 Å². The van der Waals surface area contributed by atoms with Gasteiger partial charge >= 0.3 is 0 Å². The second-order valence-corrected chi connectivity index (χ2v) is 9.17. The van der Waals surface area contributed by atoms with E-state index in [4.69, 9.17) is 16.3 Å². The standard InChI is InChI=1S/C20H24ClN3O4S/c1-14(2)23-29(26,27)17-5-3-4-15(12-17)20(25)22-18-13-16(21)6-7-19(18)24-8-10-28-11-9-24/h3-7,12-14,23H,8-11H2,1-2H3,(H,22,25). The van der Waals surface area contributed by atoms with Crippen LogP contribution < -0.4 is 14.9 Å². The summed E-state index contributed by atoms with van der Waals surface area (Å²) in [5.74, 6) is -0.414. The number of sulfonamides is 1. The lowest BCUT2D eigenvalue weighted by Crippen LogP contribution is -2.36. The molecule has 0 radical (unpaired) electrons. The number of nitrogens with one attached hydrogen (secondary N) is 2. The molecule has 2 aromatic rings. The number of carbonyl (C=O) groups excluding carboxylic acids is 1. The van der Waals surface area contributed by atoms with Crippen molar-refractivity contribution in [2.75, 3.05) is 36.5 Å². The van der Waals surface area contributed by atoms with Gasteiger partial charge in [0.25, 0.3) is 5.91 Å². The van der Waals surface area contributed by atoms with Gasteiger partial charge < -0.3 is 15.0 Å². The van der Waals surface area contributed by atoms with Crippen molar-refractivity contribution in [3.8, 4) is 0 Å². The van der Waals surface area contributed by atoms with Crippen LogP contribution >= 0.6 is 11.6 Å². The van der Waals surface area contributed by atoms with Crippen molar-refractivity contribution < 1.29 is 17.9 Å². The summed E-state index contributed by atoms with van der Waals surface area (Å²) in [7, 11) is -3.69. The molecule has 1 aliphatic rings. The van der Waals surface area contributed by atoms with Crippen molar-refractivity contribution in [1.82, 2.24) is 4.72 Å². The molecular formula is C20H24ClN3O4S. The van der Waals surface area contributed by atoms with E-state index in [1.807, 2.05) is 6.07 Å². The molecule has 1 saturated heterocycles. The molecule has 1 amide bonds. The highest BCUT2D eigenvalue weighted by molar-refractivity contribution is 7.89. The molecule has 0 aromatic heterocycles. The average Bonchev–Trinajstić information content (AvgIpc) is 2.68. The second kappa shape index (κ2) is 9.13. The molecule has 0 bridgehead atoms. The minimum Gasteiger partial charge on any atom is -0.378 e. The van der Waals surface area contributed by atoms with E-state index < -0.39 is 15.9 Å². The molecule has 3 rings (SSSR count). The molecule has 0 spiro atoms. The van der Waals surface area contributed by atoms with E-state index in [0.717, 1.165) is 5.69 Å². The average molecular weight is 438 g/mol. The number of morpholine rings is 1. The maximum atomic E-state index is 12.8. The zero-order chi connectivity index (χ0) is 21.0. The Balaban J connectivity index is 1.86. The third-order valence-electron chi connectivity index (χ3n) is 4.36. The van der Waals surface area contributed by atoms with E-state index in [1.54, 1.807) is 38.1 Å². The van der Waals surface area contributed by atoms with Gasteiger partial charge in [-0.05, 0) is 50.2 Å². The largest absolute Gasteiger partial charge is 0.378 e. The highest BCUT2D eigenvalue weighted by atomic mass is 35.5. The van der Waals surface area contributed by atoms with Gasteiger partial charge in [0.1, 0.15) is 0 Å². The number of halogens is 1. The molecule has 0 atom stereocenters. The summed E-state index contributed by atoms with van der Waals surface area (Å²) in [5, 5.41) is 3.36. The fraction of sp³-hybridized carbons (Fsp3) is 0.350. The van der Waals surface area contributed by atoms with Crippen LogP contribution in [-0.4, -0.2) is 46.7 Å². The Morgan fingerprint density at radius 1 is 1.14 bits per heavy atom.